The van der Waals surface area contributed by atoms with E-state index in [0.717, 1.165) is 11.3 Å². The van der Waals surface area contributed by atoms with Crippen molar-refractivity contribution in [2.75, 3.05) is 19.5 Å². The van der Waals surface area contributed by atoms with Gasteiger partial charge in [-0.1, -0.05) is 11.6 Å². The molecule has 0 bridgehead atoms. The first-order chi connectivity index (χ1) is 8.70. The molecule has 0 saturated carbocycles. The maximum atomic E-state index is 6.14. The molecule has 6 heteroatoms. The van der Waals surface area contributed by atoms with E-state index >= 15 is 0 Å². The Hall–Kier alpha value is -1.59. The largest absolute Gasteiger partial charge is 0.384 e. The number of anilines is 1. The molecule has 2 heterocycles. The highest BCUT2D eigenvalue weighted by Crippen LogP contribution is 2.19. The van der Waals surface area contributed by atoms with E-state index in [2.05, 4.69) is 10.1 Å². The van der Waals surface area contributed by atoms with Crippen molar-refractivity contribution in [3.63, 3.8) is 0 Å². The minimum atomic E-state index is 0.506. The summed E-state index contributed by atoms with van der Waals surface area (Å²) in [6.07, 6.45) is 4.01. The lowest BCUT2D eigenvalue weighted by Gasteiger charge is -2.08. The van der Waals surface area contributed by atoms with Gasteiger partial charge in [0.15, 0.2) is 0 Å². The van der Waals surface area contributed by atoms with E-state index in [9.17, 15) is 0 Å². The number of aromatic nitrogens is 3. The van der Waals surface area contributed by atoms with E-state index in [-0.39, 0.29) is 0 Å². The molecule has 5 nitrogen and oxygen atoms in total. The molecule has 0 atom stereocenters. The fourth-order valence-corrected chi connectivity index (χ4v) is 1.94. The van der Waals surface area contributed by atoms with E-state index in [1.165, 1.54) is 0 Å². The van der Waals surface area contributed by atoms with Gasteiger partial charge in [0.05, 0.1) is 30.1 Å². The highest BCUT2D eigenvalue weighted by atomic mass is 35.5. The highest BCUT2D eigenvalue weighted by Gasteiger charge is 2.10. The molecule has 0 aliphatic rings. The minimum absolute atomic E-state index is 0.506. The Bertz CT molecular complexity index is 527. The molecule has 0 unspecified atom stereocenters. The van der Waals surface area contributed by atoms with Crippen LogP contribution in [0.5, 0.6) is 0 Å². The van der Waals surface area contributed by atoms with E-state index in [0.29, 0.717) is 30.4 Å². The summed E-state index contributed by atoms with van der Waals surface area (Å²) in [6.45, 7) is 1.28. The molecule has 0 radical (unpaired) electrons. The van der Waals surface area contributed by atoms with Gasteiger partial charge in [-0.2, -0.15) is 5.10 Å². The number of hydrogen-bond donors (Lipinski definition) is 1. The quantitative estimate of drug-likeness (QED) is 0.895. The van der Waals surface area contributed by atoms with Crippen molar-refractivity contribution in [3.8, 4) is 0 Å². The zero-order chi connectivity index (χ0) is 13.0. The number of ether oxygens (including phenoxy) is 1. The van der Waals surface area contributed by atoms with Gasteiger partial charge in [-0.15, -0.1) is 0 Å². The smallest absolute Gasteiger partial charge is 0.123 e. The third-order valence-electron chi connectivity index (χ3n) is 2.62. The molecule has 0 aliphatic carbocycles. The molecule has 2 aromatic rings. The third-order valence-corrected chi connectivity index (χ3v) is 2.94. The topological polar surface area (TPSA) is 66.0 Å². The second-order valence-electron chi connectivity index (χ2n) is 3.92. The normalized spacial score (nSPS) is 10.8. The predicted octanol–water partition coefficient (Wildman–Crippen LogP) is 1.75. The lowest BCUT2D eigenvalue weighted by Crippen LogP contribution is -2.10. The van der Waals surface area contributed by atoms with Crippen molar-refractivity contribution in [2.24, 2.45) is 0 Å². The van der Waals surface area contributed by atoms with Crippen LogP contribution in [0.2, 0.25) is 5.02 Å². The van der Waals surface area contributed by atoms with Crippen LogP contribution >= 0.6 is 11.6 Å². The van der Waals surface area contributed by atoms with Crippen LogP contribution in [-0.2, 0) is 17.7 Å². The molecule has 0 spiro atoms. The Morgan fingerprint density at radius 2 is 2.33 bits per heavy atom. The molecule has 0 aliphatic heterocycles. The van der Waals surface area contributed by atoms with E-state index in [1.54, 1.807) is 19.5 Å². The monoisotopic (exact) mass is 266 g/mol. The van der Waals surface area contributed by atoms with Crippen molar-refractivity contribution in [1.82, 2.24) is 14.8 Å². The van der Waals surface area contributed by atoms with Crippen LogP contribution in [-0.4, -0.2) is 28.5 Å². The second kappa shape index (κ2) is 5.84. The molecular formula is C12H15ClN4O. The Labute approximate surface area is 111 Å². The van der Waals surface area contributed by atoms with Gasteiger partial charge in [-0.3, -0.25) is 4.68 Å². The first-order valence-corrected chi connectivity index (χ1v) is 5.98. The standard InChI is InChI=1S/C12H15ClN4O/c1-18-5-4-17-11(10(13)8-16-17)6-9-2-3-15-12(14)7-9/h2-3,7-8H,4-6H2,1H3,(H2,14,15). The molecule has 18 heavy (non-hydrogen) atoms. The predicted molar refractivity (Wildman–Crippen MR) is 70.6 cm³/mol. The first-order valence-electron chi connectivity index (χ1n) is 5.60. The summed E-state index contributed by atoms with van der Waals surface area (Å²) in [6, 6.07) is 3.75. The number of nitrogens with two attached hydrogens (primary N) is 1. The molecule has 2 rings (SSSR count). The van der Waals surface area contributed by atoms with Crippen LogP contribution in [0.4, 0.5) is 5.82 Å². The maximum Gasteiger partial charge on any atom is 0.123 e. The van der Waals surface area contributed by atoms with Gasteiger partial charge in [0.25, 0.3) is 0 Å². The van der Waals surface area contributed by atoms with Crippen LogP contribution in [0.25, 0.3) is 0 Å². The van der Waals surface area contributed by atoms with Gasteiger partial charge in [-0.25, -0.2) is 4.98 Å². The number of rotatable bonds is 5. The van der Waals surface area contributed by atoms with E-state index in [1.807, 2.05) is 16.8 Å². The number of methoxy groups -OCH3 is 1. The molecule has 2 aromatic heterocycles. The molecule has 2 N–H and O–H groups in total. The van der Waals surface area contributed by atoms with Crippen molar-refractivity contribution in [1.29, 1.82) is 0 Å². The van der Waals surface area contributed by atoms with Crippen LogP contribution in [0.1, 0.15) is 11.3 Å². The fraction of sp³-hybridized carbons (Fsp3) is 0.333. The van der Waals surface area contributed by atoms with Gasteiger partial charge in [0, 0.05) is 19.7 Å². The van der Waals surface area contributed by atoms with Crippen LogP contribution < -0.4 is 5.73 Å². The van der Waals surface area contributed by atoms with E-state index in [4.69, 9.17) is 22.1 Å². The summed E-state index contributed by atoms with van der Waals surface area (Å²) in [7, 11) is 1.66. The Kier molecular flexibility index (Phi) is 4.17. The van der Waals surface area contributed by atoms with Crippen LogP contribution in [0, 0.1) is 0 Å². The molecular weight excluding hydrogens is 252 g/mol. The average molecular weight is 267 g/mol. The van der Waals surface area contributed by atoms with Crippen molar-refractivity contribution >= 4 is 17.4 Å². The van der Waals surface area contributed by atoms with Gasteiger partial charge in [-0.05, 0) is 17.7 Å². The summed E-state index contributed by atoms with van der Waals surface area (Å²) in [5.74, 6) is 0.506. The fourth-order valence-electron chi connectivity index (χ4n) is 1.73. The third kappa shape index (κ3) is 3.00. The minimum Gasteiger partial charge on any atom is -0.384 e. The van der Waals surface area contributed by atoms with Gasteiger partial charge >= 0.3 is 0 Å². The zero-order valence-electron chi connectivity index (χ0n) is 10.1. The SMILES string of the molecule is COCCn1ncc(Cl)c1Cc1ccnc(N)c1. The summed E-state index contributed by atoms with van der Waals surface area (Å²) in [5.41, 5.74) is 7.67. The van der Waals surface area contributed by atoms with Gasteiger partial charge in [0.1, 0.15) is 5.82 Å². The Balaban J connectivity index is 2.20. The molecule has 0 fully saturated rings. The molecule has 0 aromatic carbocycles. The highest BCUT2D eigenvalue weighted by molar-refractivity contribution is 6.31. The number of nitrogen functional groups attached to an aromatic ring is 1. The summed E-state index contributed by atoms with van der Waals surface area (Å²) in [5, 5.41) is 4.88. The Morgan fingerprint density at radius 1 is 1.50 bits per heavy atom. The van der Waals surface area contributed by atoms with E-state index < -0.39 is 0 Å². The van der Waals surface area contributed by atoms with Crippen LogP contribution in [0.3, 0.4) is 0 Å². The van der Waals surface area contributed by atoms with Gasteiger partial charge in [0.2, 0.25) is 0 Å². The number of pyridine rings is 1. The molecule has 0 saturated heterocycles. The Morgan fingerprint density at radius 3 is 3.06 bits per heavy atom. The first kappa shape index (κ1) is 12.9. The average Bonchev–Trinajstić information content (AvgIpc) is 2.69. The maximum absolute atomic E-state index is 6.14. The van der Waals surface area contributed by atoms with Gasteiger partial charge < -0.3 is 10.5 Å². The molecule has 96 valence electrons. The summed E-state index contributed by atoms with van der Waals surface area (Å²) >= 11 is 6.14. The van der Waals surface area contributed by atoms with Crippen molar-refractivity contribution in [2.45, 2.75) is 13.0 Å². The molecule has 0 amide bonds. The van der Waals surface area contributed by atoms with Crippen molar-refractivity contribution < 1.29 is 4.74 Å². The number of nitrogens with zero attached hydrogens (tertiary/aromatic N) is 3. The second-order valence-corrected chi connectivity index (χ2v) is 4.33. The number of halogens is 1. The number of hydrogen-bond acceptors (Lipinski definition) is 4. The lowest BCUT2D eigenvalue weighted by molar-refractivity contribution is 0.182. The van der Waals surface area contributed by atoms with Crippen molar-refractivity contribution in [3.05, 3.63) is 40.8 Å². The summed E-state index contributed by atoms with van der Waals surface area (Å²) in [4.78, 5) is 3.97. The summed E-state index contributed by atoms with van der Waals surface area (Å²) < 4.78 is 6.90. The lowest BCUT2D eigenvalue weighted by atomic mass is 10.1. The van der Waals surface area contributed by atoms with Crippen LogP contribution in [0.15, 0.2) is 24.5 Å². The zero-order valence-corrected chi connectivity index (χ0v) is 10.9.